The third kappa shape index (κ3) is 2.93. The first-order chi connectivity index (χ1) is 12.7. The number of benzene rings is 1. The molecular formula is C18H20F3N3O3. The molecule has 146 valence electrons. The highest BCUT2D eigenvalue weighted by Gasteiger charge is 2.57. The number of alkyl halides is 2. The highest BCUT2D eigenvalue weighted by Crippen LogP contribution is 2.49. The highest BCUT2D eigenvalue weighted by atomic mass is 19.3. The fourth-order valence-corrected chi connectivity index (χ4v) is 3.73. The third-order valence-electron chi connectivity index (χ3n) is 5.55. The zero-order valence-corrected chi connectivity index (χ0v) is 14.8. The molecule has 1 saturated carbocycles. The van der Waals surface area contributed by atoms with Crippen LogP contribution in [-0.2, 0) is 15.1 Å². The maximum Gasteiger partial charge on any atom is 0.255 e. The second-order valence-corrected chi connectivity index (χ2v) is 7.30. The lowest BCUT2D eigenvalue weighted by Gasteiger charge is -2.45. The lowest BCUT2D eigenvalue weighted by Crippen LogP contribution is -2.58. The van der Waals surface area contributed by atoms with Crippen LogP contribution in [0.2, 0.25) is 0 Å². The zero-order chi connectivity index (χ0) is 19.4. The molecule has 0 aromatic heterocycles. The molecule has 1 amide bonds. The Morgan fingerprint density at radius 3 is 2.89 bits per heavy atom. The average Bonchev–Trinajstić information content (AvgIpc) is 3.25. The van der Waals surface area contributed by atoms with Crippen molar-refractivity contribution in [1.29, 1.82) is 0 Å². The molecule has 1 aromatic carbocycles. The van der Waals surface area contributed by atoms with Gasteiger partial charge in [-0.3, -0.25) is 9.69 Å². The number of ether oxygens (including phenoxy) is 2. The van der Waals surface area contributed by atoms with Crippen LogP contribution >= 0.6 is 0 Å². The minimum absolute atomic E-state index is 0.000976. The second-order valence-electron chi connectivity index (χ2n) is 7.30. The number of rotatable bonds is 4. The predicted octanol–water partition coefficient (Wildman–Crippen LogP) is 1.88. The van der Waals surface area contributed by atoms with Gasteiger partial charge in [-0.1, -0.05) is 0 Å². The van der Waals surface area contributed by atoms with Gasteiger partial charge >= 0.3 is 0 Å². The van der Waals surface area contributed by atoms with Crippen molar-refractivity contribution in [3.05, 3.63) is 29.6 Å². The van der Waals surface area contributed by atoms with Crippen LogP contribution in [0.5, 0.6) is 5.75 Å². The van der Waals surface area contributed by atoms with Crippen LogP contribution in [-0.4, -0.2) is 49.6 Å². The molecule has 9 heteroatoms. The van der Waals surface area contributed by atoms with Crippen LogP contribution in [0.1, 0.15) is 18.4 Å². The first kappa shape index (κ1) is 18.1. The number of hydrogen-bond acceptors (Lipinski definition) is 5. The number of hydrogen-bond donors (Lipinski definition) is 1. The molecule has 27 heavy (non-hydrogen) atoms. The van der Waals surface area contributed by atoms with Gasteiger partial charge in [0.2, 0.25) is 5.91 Å². The Hall–Kier alpha value is -2.29. The lowest BCUT2D eigenvalue weighted by molar-refractivity contribution is -0.140. The Balaban J connectivity index is 1.69. The SMILES string of the molecule is CN1C(=O)C2CCOCC2(c2cc(OCC3CC3(F)F)ccc2F)N=C1N. The number of halogens is 3. The normalized spacial score (nSPS) is 31.9. The topological polar surface area (TPSA) is 77.2 Å². The van der Waals surface area contributed by atoms with Gasteiger partial charge in [-0.15, -0.1) is 0 Å². The van der Waals surface area contributed by atoms with Crippen molar-refractivity contribution in [3.8, 4) is 5.75 Å². The predicted molar refractivity (Wildman–Crippen MR) is 89.9 cm³/mol. The number of nitrogens with zero attached hydrogens (tertiary/aromatic N) is 2. The summed E-state index contributed by atoms with van der Waals surface area (Å²) in [4.78, 5) is 18.4. The summed E-state index contributed by atoms with van der Waals surface area (Å²) in [5.41, 5.74) is 4.71. The summed E-state index contributed by atoms with van der Waals surface area (Å²) < 4.78 is 51.8. The Morgan fingerprint density at radius 2 is 2.19 bits per heavy atom. The molecule has 3 unspecified atom stereocenters. The van der Waals surface area contributed by atoms with E-state index >= 15 is 0 Å². The minimum Gasteiger partial charge on any atom is -0.493 e. The summed E-state index contributed by atoms with van der Waals surface area (Å²) in [6.45, 7) is 0.201. The first-order valence-corrected chi connectivity index (χ1v) is 8.76. The van der Waals surface area contributed by atoms with Crippen molar-refractivity contribution in [3.63, 3.8) is 0 Å². The molecule has 2 fully saturated rings. The number of fused-ring (bicyclic) bond motifs is 1. The van der Waals surface area contributed by atoms with Gasteiger partial charge in [-0.05, 0) is 24.6 Å². The van der Waals surface area contributed by atoms with Crippen LogP contribution in [0, 0.1) is 17.7 Å². The maximum absolute atomic E-state index is 14.7. The number of carbonyl (C=O) groups excluding carboxylic acids is 1. The molecule has 1 aliphatic carbocycles. The quantitative estimate of drug-likeness (QED) is 0.861. The van der Waals surface area contributed by atoms with Crippen LogP contribution < -0.4 is 10.5 Å². The number of guanidine groups is 1. The van der Waals surface area contributed by atoms with Gasteiger partial charge in [0.25, 0.3) is 5.92 Å². The van der Waals surface area contributed by atoms with Crippen molar-refractivity contribution in [2.45, 2.75) is 24.3 Å². The van der Waals surface area contributed by atoms with Gasteiger partial charge in [0.05, 0.1) is 25.0 Å². The number of aliphatic imine (C=N–C) groups is 1. The molecule has 6 nitrogen and oxygen atoms in total. The highest BCUT2D eigenvalue weighted by molar-refractivity contribution is 6.00. The Kier molecular flexibility index (Phi) is 4.10. The van der Waals surface area contributed by atoms with E-state index in [0.29, 0.717) is 13.0 Å². The molecule has 4 rings (SSSR count). The maximum atomic E-state index is 14.7. The van der Waals surface area contributed by atoms with Gasteiger partial charge in [-0.25, -0.2) is 18.2 Å². The molecule has 1 aromatic rings. The van der Waals surface area contributed by atoms with Crippen molar-refractivity contribution >= 4 is 11.9 Å². The van der Waals surface area contributed by atoms with E-state index in [1.807, 2.05) is 0 Å². The lowest BCUT2D eigenvalue weighted by atomic mass is 9.74. The van der Waals surface area contributed by atoms with E-state index in [9.17, 15) is 18.0 Å². The molecule has 0 spiro atoms. The van der Waals surface area contributed by atoms with E-state index in [2.05, 4.69) is 4.99 Å². The Morgan fingerprint density at radius 1 is 1.44 bits per heavy atom. The third-order valence-corrected chi connectivity index (χ3v) is 5.55. The first-order valence-electron chi connectivity index (χ1n) is 8.76. The van der Waals surface area contributed by atoms with Gasteiger partial charge in [-0.2, -0.15) is 0 Å². The Labute approximate surface area is 154 Å². The fraction of sp³-hybridized carbons (Fsp3) is 0.556. The van der Waals surface area contributed by atoms with Crippen molar-refractivity contribution in [2.24, 2.45) is 22.6 Å². The molecule has 2 aliphatic heterocycles. The van der Waals surface area contributed by atoms with E-state index in [4.69, 9.17) is 15.2 Å². The average molecular weight is 383 g/mol. The van der Waals surface area contributed by atoms with Crippen molar-refractivity contribution in [2.75, 3.05) is 26.9 Å². The second kappa shape index (κ2) is 6.12. The van der Waals surface area contributed by atoms with E-state index in [0.717, 1.165) is 0 Å². The molecule has 2 heterocycles. The van der Waals surface area contributed by atoms with Gasteiger partial charge in [0, 0.05) is 25.6 Å². The molecule has 0 bridgehead atoms. The molecule has 3 atom stereocenters. The molecule has 2 N–H and O–H groups in total. The van der Waals surface area contributed by atoms with Gasteiger partial charge in [0.15, 0.2) is 5.96 Å². The van der Waals surface area contributed by atoms with E-state index in [1.54, 1.807) is 0 Å². The van der Waals surface area contributed by atoms with Crippen LogP contribution in [0.25, 0.3) is 0 Å². The number of amides is 1. The van der Waals surface area contributed by atoms with Crippen LogP contribution in [0.3, 0.4) is 0 Å². The molecule has 1 saturated heterocycles. The summed E-state index contributed by atoms with van der Waals surface area (Å²) in [5.74, 6) is -4.76. The standard InChI is InChI=1S/C18H20F3N3O3/c1-24-15(25)12-4-5-26-9-17(12,23-16(24)22)13-6-11(2-3-14(13)19)27-8-10-7-18(10,20)21/h2-3,6,10,12H,4-5,7-9H2,1H3,(H2,22,23). The van der Waals surface area contributed by atoms with Crippen molar-refractivity contribution in [1.82, 2.24) is 4.90 Å². The fourth-order valence-electron chi connectivity index (χ4n) is 3.73. The van der Waals surface area contributed by atoms with Gasteiger partial charge in [0.1, 0.15) is 17.1 Å². The Bertz CT molecular complexity index is 816. The molecule has 0 radical (unpaired) electrons. The van der Waals surface area contributed by atoms with Crippen LogP contribution in [0.15, 0.2) is 23.2 Å². The largest absolute Gasteiger partial charge is 0.493 e. The summed E-state index contributed by atoms with van der Waals surface area (Å²) in [5, 5.41) is 0. The van der Waals surface area contributed by atoms with Crippen molar-refractivity contribution < 1.29 is 27.4 Å². The summed E-state index contributed by atoms with van der Waals surface area (Å²) in [6.07, 6.45) is 0.168. The zero-order valence-electron chi connectivity index (χ0n) is 14.8. The minimum atomic E-state index is -2.69. The summed E-state index contributed by atoms with van der Waals surface area (Å²) >= 11 is 0. The van der Waals surface area contributed by atoms with Crippen LogP contribution in [0.4, 0.5) is 13.2 Å². The van der Waals surface area contributed by atoms with E-state index in [-0.39, 0.29) is 42.8 Å². The smallest absolute Gasteiger partial charge is 0.255 e. The van der Waals surface area contributed by atoms with E-state index in [1.165, 1.54) is 30.1 Å². The molecular weight excluding hydrogens is 363 g/mol. The van der Waals surface area contributed by atoms with E-state index < -0.39 is 29.1 Å². The summed E-state index contributed by atoms with van der Waals surface area (Å²) in [6, 6.07) is 3.97. The number of nitrogens with two attached hydrogens (primary N) is 1. The number of carbonyl (C=O) groups is 1. The summed E-state index contributed by atoms with van der Waals surface area (Å²) in [7, 11) is 1.52. The molecule has 3 aliphatic rings. The van der Waals surface area contributed by atoms with Gasteiger partial charge < -0.3 is 15.2 Å². The monoisotopic (exact) mass is 383 g/mol.